The van der Waals surface area contributed by atoms with Crippen molar-refractivity contribution in [1.29, 1.82) is 0 Å². The number of hydrogen-bond donors (Lipinski definition) is 0. The summed E-state index contributed by atoms with van der Waals surface area (Å²) >= 11 is 0. The summed E-state index contributed by atoms with van der Waals surface area (Å²) < 4.78 is 6.71. The molecule has 0 unspecified atom stereocenters. The van der Waals surface area contributed by atoms with Crippen molar-refractivity contribution in [1.82, 2.24) is 9.55 Å². The Balaban J connectivity index is 2.25. The third-order valence-electron chi connectivity index (χ3n) is 2.91. The zero-order chi connectivity index (χ0) is 15.4. The number of hydrogen-bond acceptors (Lipinski definition) is 5. The first-order valence-corrected chi connectivity index (χ1v) is 6.45. The number of aryl methyl sites for hydroxylation is 1. The second kappa shape index (κ2) is 6.17. The summed E-state index contributed by atoms with van der Waals surface area (Å²) in [5.74, 6) is 0.336. The van der Waals surface area contributed by atoms with Gasteiger partial charge in [0.2, 0.25) is 5.88 Å². The van der Waals surface area contributed by atoms with Gasteiger partial charge in [0.15, 0.2) is 0 Å². The number of rotatable bonds is 5. The van der Waals surface area contributed by atoms with Crippen LogP contribution in [0.2, 0.25) is 0 Å². The van der Waals surface area contributed by atoms with Gasteiger partial charge in [0.1, 0.15) is 0 Å². The highest BCUT2D eigenvalue weighted by atomic mass is 16.6. The van der Waals surface area contributed by atoms with E-state index in [0.717, 1.165) is 11.1 Å². The Morgan fingerprint density at radius 3 is 2.57 bits per heavy atom. The van der Waals surface area contributed by atoms with E-state index in [1.54, 1.807) is 18.3 Å². The molecule has 0 saturated heterocycles. The van der Waals surface area contributed by atoms with E-state index in [1.165, 1.54) is 16.7 Å². The molecule has 0 aliphatic carbocycles. The van der Waals surface area contributed by atoms with Gasteiger partial charge in [-0.15, -0.1) is 0 Å². The number of nitro benzene ring substituents is 1. The van der Waals surface area contributed by atoms with E-state index in [9.17, 15) is 14.9 Å². The SMILES string of the molecule is CCOc1nc(=O)n(Cc2ccc([N+](=O)[O-])cc2)cc1C. The second-order valence-electron chi connectivity index (χ2n) is 4.50. The van der Waals surface area contributed by atoms with Crippen LogP contribution in [0.1, 0.15) is 18.1 Å². The average Bonchev–Trinajstić information content (AvgIpc) is 2.45. The van der Waals surface area contributed by atoms with Crippen LogP contribution in [-0.4, -0.2) is 21.1 Å². The lowest BCUT2D eigenvalue weighted by Crippen LogP contribution is -2.24. The summed E-state index contributed by atoms with van der Waals surface area (Å²) in [6, 6.07) is 6.07. The molecule has 0 saturated carbocycles. The molecule has 0 aliphatic rings. The van der Waals surface area contributed by atoms with E-state index in [0.29, 0.717) is 19.0 Å². The van der Waals surface area contributed by atoms with E-state index in [-0.39, 0.29) is 5.69 Å². The Morgan fingerprint density at radius 1 is 1.33 bits per heavy atom. The van der Waals surface area contributed by atoms with Crippen molar-refractivity contribution in [3.63, 3.8) is 0 Å². The molecule has 0 amide bonds. The molecule has 1 aromatic carbocycles. The van der Waals surface area contributed by atoms with Crippen molar-refractivity contribution in [2.45, 2.75) is 20.4 Å². The average molecular weight is 289 g/mol. The van der Waals surface area contributed by atoms with Crippen molar-refractivity contribution in [2.75, 3.05) is 6.61 Å². The number of non-ortho nitro benzene ring substituents is 1. The molecule has 0 spiro atoms. The lowest BCUT2D eigenvalue weighted by Gasteiger charge is -2.09. The van der Waals surface area contributed by atoms with Crippen molar-refractivity contribution < 1.29 is 9.66 Å². The number of nitrogens with zero attached hydrogens (tertiary/aromatic N) is 3. The van der Waals surface area contributed by atoms with E-state index < -0.39 is 10.6 Å². The standard InChI is InChI=1S/C14H15N3O4/c1-3-21-13-10(2)8-16(14(18)15-13)9-11-4-6-12(7-5-11)17(19)20/h4-8H,3,9H2,1-2H3. The zero-order valence-corrected chi connectivity index (χ0v) is 11.8. The normalized spacial score (nSPS) is 10.4. The third-order valence-corrected chi connectivity index (χ3v) is 2.91. The van der Waals surface area contributed by atoms with Crippen LogP contribution in [0.25, 0.3) is 0 Å². The van der Waals surface area contributed by atoms with Gasteiger partial charge in [0.05, 0.1) is 18.1 Å². The highest BCUT2D eigenvalue weighted by molar-refractivity contribution is 5.33. The van der Waals surface area contributed by atoms with E-state index >= 15 is 0 Å². The molecule has 2 rings (SSSR count). The molecule has 0 radical (unpaired) electrons. The van der Waals surface area contributed by atoms with Crippen LogP contribution < -0.4 is 10.4 Å². The van der Waals surface area contributed by atoms with Crippen LogP contribution in [0.5, 0.6) is 5.88 Å². The van der Waals surface area contributed by atoms with Gasteiger partial charge in [-0.25, -0.2) is 4.79 Å². The van der Waals surface area contributed by atoms with Gasteiger partial charge in [0.25, 0.3) is 5.69 Å². The summed E-state index contributed by atoms with van der Waals surface area (Å²) in [4.78, 5) is 25.9. The number of nitro groups is 1. The Morgan fingerprint density at radius 2 is 2.00 bits per heavy atom. The second-order valence-corrected chi connectivity index (χ2v) is 4.50. The van der Waals surface area contributed by atoms with E-state index in [2.05, 4.69) is 4.98 Å². The monoisotopic (exact) mass is 289 g/mol. The molecule has 1 heterocycles. The van der Waals surface area contributed by atoms with Crippen LogP contribution in [0, 0.1) is 17.0 Å². The van der Waals surface area contributed by atoms with Gasteiger partial charge in [-0.3, -0.25) is 14.7 Å². The molecule has 7 nitrogen and oxygen atoms in total. The quantitative estimate of drug-likeness (QED) is 0.619. The van der Waals surface area contributed by atoms with Crippen molar-refractivity contribution in [2.24, 2.45) is 0 Å². The van der Waals surface area contributed by atoms with Gasteiger partial charge in [-0.2, -0.15) is 4.98 Å². The molecule has 2 aromatic rings. The number of benzene rings is 1. The zero-order valence-electron chi connectivity index (χ0n) is 11.8. The molecular weight excluding hydrogens is 274 g/mol. The fraction of sp³-hybridized carbons (Fsp3) is 0.286. The summed E-state index contributed by atoms with van der Waals surface area (Å²) in [6.45, 7) is 4.38. The molecule has 110 valence electrons. The minimum Gasteiger partial charge on any atom is -0.478 e. The largest absolute Gasteiger partial charge is 0.478 e. The van der Waals surface area contributed by atoms with Gasteiger partial charge in [-0.05, 0) is 19.4 Å². The lowest BCUT2D eigenvalue weighted by atomic mass is 10.2. The topological polar surface area (TPSA) is 87.3 Å². The van der Waals surface area contributed by atoms with Crippen LogP contribution in [0.4, 0.5) is 5.69 Å². The van der Waals surface area contributed by atoms with E-state index in [4.69, 9.17) is 4.74 Å². The molecule has 0 N–H and O–H groups in total. The Bertz CT molecular complexity index is 707. The molecule has 1 aromatic heterocycles. The first kappa shape index (κ1) is 14.7. The van der Waals surface area contributed by atoms with Gasteiger partial charge in [0, 0.05) is 23.9 Å². The Labute approximate surface area is 121 Å². The summed E-state index contributed by atoms with van der Waals surface area (Å²) in [6.07, 6.45) is 1.67. The molecular formula is C14H15N3O4. The molecule has 7 heteroatoms. The maximum Gasteiger partial charge on any atom is 0.351 e. The number of aromatic nitrogens is 2. The predicted octanol–water partition coefficient (Wildman–Crippen LogP) is 1.91. The molecule has 0 aliphatic heterocycles. The highest BCUT2D eigenvalue weighted by Gasteiger charge is 2.08. The highest BCUT2D eigenvalue weighted by Crippen LogP contribution is 2.14. The van der Waals surface area contributed by atoms with E-state index in [1.807, 2.05) is 13.8 Å². The summed E-state index contributed by atoms with van der Waals surface area (Å²) in [5.41, 5.74) is 1.15. The van der Waals surface area contributed by atoms with Crippen LogP contribution in [0.15, 0.2) is 35.3 Å². The first-order valence-electron chi connectivity index (χ1n) is 6.45. The van der Waals surface area contributed by atoms with Crippen molar-refractivity contribution in [3.05, 3.63) is 62.2 Å². The summed E-state index contributed by atoms with van der Waals surface area (Å²) in [7, 11) is 0. The smallest absolute Gasteiger partial charge is 0.351 e. The minimum atomic E-state index is -0.460. The van der Waals surface area contributed by atoms with Gasteiger partial charge >= 0.3 is 5.69 Å². The number of ether oxygens (including phenoxy) is 1. The minimum absolute atomic E-state index is 0.0205. The molecule has 0 bridgehead atoms. The van der Waals surface area contributed by atoms with Crippen LogP contribution in [0.3, 0.4) is 0 Å². The van der Waals surface area contributed by atoms with Crippen molar-refractivity contribution in [3.8, 4) is 5.88 Å². The predicted molar refractivity (Wildman–Crippen MR) is 76.6 cm³/mol. The Kier molecular flexibility index (Phi) is 4.32. The van der Waals surface area contributed by atoms with Crippen LogP contribution >= 0.6 is 0 Å². The molecule has 0 fully saturated rings. The van der Waals surface area contributed by atoms with Crippen molar-refractivity contribution >= 4 is 5.69 Å². The Hall–Kier alpha value is -2.70. The fourth-order valence-corrected chi connectivity index (χ4v) is 1.90. The lowest BCUT2D eigenvalue weighted by molar-refractivity contribution is -0.384. The third kappa shape index (κ3) is 3.44. The van der Waals surface area contributed by atoms with Gasteiger partial charge < -0.3 is 4.74 Å². The van der Waals surface area contributed by atoms with Crippen LogP contribution in [-0.2, 0) is 6.54 Å². The molecule has 0 atom stereocenters. The summed E-state index contributed by atoms with van der Waals surface area (Å²) in [5, 5.41) is 10.6. The maximum atomic E-state index is 11.9. The molecule has 21 heavy (non-hydrogen) atoms. The maximum absolute atomic E-state index is 11.9. The first-order chi connectivity index (χ1) is 10.0. The fourth-order valence-electron chi connectivity index (χ4n) is 1.90. The van der Waals surface area contributed by atoms with Gasteiger partial charge in [-0.1, -0.05) is 12.1 Å².